The molecule has 0 spiro atoms. The number of carbonyl (C=O) groups excluding carboxylic acids is 8. The predicted octanol–water partition coefficient (Wildman–Crippen LogP) is 0.495. The molecule has 4 rings (SSSR count). The van der Waals surface area contributed by atoms with Crippen molar-refractivity contribution >= 4 is 105 Å². The van der Waals surface area contributed by atoms with Gasteiger partial charge in [-0.1, -0.05) is 48.5 Å². The molecule has 0 radical (unpaired) electrons. The topological polar surface area (TPSA) is 461 Å². The van der Waals surface area contributed by atoms with Crippen LogP contribution in [0.3, 0.4) is 0 Å². The number of carboxylic acids is 6. The lowest BCUT2D eigenvalue weighted by Crippen LogP contribution is -2.59. The normalized spacial score (nSPS) is 13.3. The maximum Gasteiger partial charge on any atom is 0.326 e. The van der Waals surface area contributed by atoms with E-state index in [1.165, 1.54) is 14.2 Å². The molecule has 0 aromatic heterocycles. The van der Waals surface area contributed by atoms with Crippen LogP contribution in [0.2, 0.25) is 0 Å². The first-order chi connectivity index (χ1) is 40.6. The van der Waals surface area contributed by atoms with Gasteiger partial charge >= 0.3 is 47.8 Å². The van der Waals surface area contributed by atoms with Gasteiger partial charge in [-0.3, -0.25) is 62.3 Å². The Kier molecular flexibility index (Phi) is 25.7. The molecule has 0 saturated heterocycles. The van der Waals surface area contributed by atoms with Crippen LogP contribution in [0.25, 0.3) is 21.5 Å². The Morgan fingerprint density at radius 3 is 1.07 bits per heavy atom. The summed E-state index contributed by atoms with van der Waals surface area (Å²) in [6.07, 6.45) is -7.85. The third-order valence-corrected chi connectivity index (χ3v) is 13.0. The zero-order valence-corrected chi connectivity index (χ0v) is 46.7. The van der Waals surface area contributed by atoms with Gasteiger partial charge in [0.2, 0.25) is 35.4 Å². The third kappa shape index (κ3) is 21.4. The lowest BCUT2D eigenvalue weighted by molar-refractivity contribution is -0.149. The number of hydrogen-bond acceptors (Lipinski definition) is 18. The number of esters is 2. The number of hydrogen-bond donors (Lipinski definition) is 11. The Hall–Kier alpha value is -10.4. The first kappa shape index (κ1) is 68.1. The number of rotatable bonds is 35. The first-order valence-corrected chi connectivity index (χ1v) is 26.2. The molecule has 30 heteroatoms. The van der Waals surface area contributed by atoms with Crippen molar-refractivity contribution in [1.29, 1.82) is 0 Å². The highest BCUT2D eigenvalue weighted by molar-refractivity contribution is 6.00. The predicted molar refractivity (Wildman–Crippen MR) is 294 cm³/mol. The number of amides is 6. The van der Waals surface area contributed by atoms with Crippen molar-refractivity contribution in [3.63, 3.8) is 0 Å². The molecule has 7 atom stereocenters. The number of ether oxygens (including phenoxy) is 4. The number of benzene rings is 4. The molecule has 0 heterocycles. The fourth-order valence-corrected chi connectivity index (χ4v) is 8.32. The molecule has 4 aromatic carbocycles. The van der Waals surface area contributed by atoms with Crippen LogP contribution in [-0.2, 0) is 76.6 Å². The minimum Gasteiger partial charge on any atom is -0.497 e. The number of methoxy groups -OCH3 is 2. The molecule has 0 unspecified atom stereocenters. The van der Waals surface area contributed by atoms with Crippen molar-refractivity contribution in [3.8, 4) is 11.5 Å². The number of carboxylic acid groups (broad SMARTS) is 6. The van der Waals surface area contributed by atoms with Gasteiger partial charge in [-0.15, -0.1) is 0 Å². The quantitative estimate of drug-likeness (QED) is 0.0279. The lowest BCUT2D eigenvalue weighted by Gasteiger charge is -2.25. The zero-order valence-electron chi connectivity index (χ0n) is 46.7. The number of fused-ring (bicyclic) bond motifs is 2. The van der Waals surface area contributed by atoms with Gasteiger partial charge in [0.1, 0.15) is 54.9 Å². The zero-order chi connectivity index (χ0) is 63.9. The van der Waals surface area contributed by atoms with Crippen LogP contribution < -0.4 is 36.1 Å². The average Bonchev–Trinajstić information content (AvgIpc) is 3.21. The van der Waals surface area contributed by atoms with Crippen LogP contribution in [0.15, 0.2) is 72.8 Å². The molecule has 0 saturated carbocycles. The summed E-state index contributed by atoms with van der Waals surface area (Å²) in [5, 5.41) is 69.1. The average molecular weight is 1210 g/mol. The molecule has 0 aliphatic heterocycles. The van der Waals surface area contributed by atoms with Crippen molar-refractivity contribution in [3.05, 3.63) is 83.9 Å². The summed E-state index contributed by atoms with van der Waals surface area (Å²) < 4.78 is 21.7. The Morgan fingerprint density at radius 1 is 0.419 bits per heavy atom. The summed E-state index contributed by atoms with van der Waals surface area (Å²) in [5.41, 5.74) is 1.23. The maximum atomic E-state index is 13.8. The van der Waals surface area contributed by atoms with E-state index in [-0.39, 0.29) is 26.3 Å². The Balaban J connectivity index is 1.47. The summed E-state index contributed by atoms with van der Waals surface area (Å²) in [7, 11) is 3.06. The van der Waals surface area contributed by atoms with Crippen LogP contribution in [0.5, 0.6) is 11.5 Å². The molecular formula is C56H64N6O24. The molecule has 0 aliphatic rings. The first-order valence-electron chi connectivity index (χ1n) is 26.2. The fraction of sp³-hybridized carbons (Fsp3) is 0.393. The molecule has 0 bridgehead atoms. The number of carbonyl (C=O) groups is 14. The monoisotopic (exact) mass is 1200 g/mol. The van der Waals surface area contributed by atoms with Gasteiger partial charge in [-0.05, 0) is 70.8 Å². The number of nitrogens with one attached hydrogen (secondary N) is 5. The minimum absolute atomic E-state index is 0.288. The van der Waals surface area contributed by atoms with Gasteiger partial charge < -0.3 is 81.1 Å². The van der Waals surface area contributed by atoms with Gasteiger partial charge in [0.15, 0.2) is 0 Å². The molecule has 0 aliphatic carbocycles. The van der Waals surface area contributed by atoms with E-state index in [4.69, 9.17) is 24.1 Å². The van der Waals surface area contributed by atoms with Crippen LogP contribution in [0.4, 0.5) is 0 Å². The Bertz CT molecular complexity index is 3130. The van der Waals surface area contributed by atoms with E-state index in [2.05, 4.69) is 5.32 Å². The number of aliphatic carboxylic acids is 6. The van der Waals surface area contributed by atoms with Gasteiger partial charge in [0.05, 0.1) is 71.2 Å². The van der Waals surface area contributed by atoms with Crippen molar-refractivity contribution in [1.82, 2.24) is 31.5 Å². The summed E-state index contributed by atoms with van der Waals surface area (Å²) in [5.74, 6) is -20.7. The van der Waals surface area contributed by atoms with Crippen LogP contribution >= 0.6 is 0 Å². The van der Waals surface area contributed by atoms with Gasteiger partial charge in [0.25, 0.3) is 0 Å². The van der Waals surface area contributed by atoms with E-state index in [0.717, 1.165) is 26.4 Å². The summed E-state index contributed by atoms with van der Waals surface area (Å²) in [6.45, 7) is 1.91. The second-order valence-electron chi connectivity index (χ2n) is 19.3. The smallest absolute Gasteiger partial charge is 0.326 e. The lowest BCUT2D eigenvalue weighted by atomic mass is 9.98. The van der Waals surface area contributed by atoms with Crippen molar-refractivity contribution in [2.24, 2.45) is 0 Å². The molecule has 6 amide bonds. The van der Waals surface area contributed by atoms with Crippen LogP contribution in [-0.4, -0.2) is 189 Å². The van der Waals surface area contributed by atoms with E-state index < -0.39 is 170 Å². The largest absolute Gasteiger partial charge is 0.497 e. The van der Waals surface area contributed by atoms with Crippen LogP contribution in [0, 0.1) is 0 Å². The SMILES string of the molecule is COc1ccc2cc([C@H](C)C(=O)OCCN(CCOC(=O)[C@@H](C)c3ccc4cc(OC)ccc4c3)C(=O)CCC(=O)N[C@@H](CC(=O)O)C(=O)N[C@@H](CC(=O)O)C(=O)N[C@@H](CC(=O)O)C(=O)N[C@@H](CC(=O)O)C(=O)N[C@@H](CC(=O)O)C(=O)O)ccc2c1. The molecular weight excluding hydrogens is 1140 g/mol. The molecule has 4 aromatic rings. The third-order valence-electron chi connectivity index (χ3n) is 13.0. The molecule has 462 valence electrons. The van der Waals surface area contributed by atoms with E-state index in [1.807, 2.05) is 47.0 Å². The van der Waals surface area contributed by atoms with Crippen LogP contribution in [0.1, 0.15) is 81.8 Å². The van der Waals surface area contributed by atoms with E-state index in [0.29, 0.717) is 22.6 Å². The summed E-state index contributed by atoms with van der Waals surface area (Å²) in [6, 6.07) is 10.4. The molecule has 86 heavy (non-hydrogen) atoms. The van der Waals surface area contributed by atoms with Gasteiger partial charge in [-0.2, -0.15) is 0 Å². The highest BCUT2D eigenvalue weighted by Crippen LogP contribution is 2.27. The van der Waals surface area contributed by atoms with E-state index >= 15 is 0 Å². The second-order valence-corrected chi connectivity index (χ2v) is 19.3. The minimum atomic E-state index is -2.31. The number of nitrogens with zero attached hydrogens (tertiary/aromatic N) is 1. The Labute approximate surface area is 488 Å². The van der Waals surface area contributed by atoms with Gasteiger partial charge in [-0.25, -0.2) is 4.79 Å². The molecule has 0 fully saturated rings. The Morgan fingerprint density at radius 2 is 0.733 bits per heavy atom. The highest BCUT2D eigenvalue weighted by Gasteiger charge is 2.36. The molecule has 11 N–H and O–H groups in total. The van der Waals surface area contributed by atoms with Crippen molar-refractivity contribution in [2.45, 2.75) is 101 Å². The standard InChI is InChI=1S/C56H64N6O24/c1-28(30-5-7-34-21-36(83-3)11-9-32(34)19-30)55(81)85-17-15-62(16-18-86-56(82)29(2)31-6-8-35-22-37(84-4)12-10-33(35)20-31)44(64)14-13-43(63)57-38(23-45(65)66)50(75)58-39(24-46(67)68)51(76)59-40(25-47(69)70)52(77)60-41(26-48(71)72)53(78)61-42(54(79)80)27-49(73)74/h5-12,19-22,28-29,38-42H,13-18,23-27H2,1-4H3,(H,57,63)(H,58,75)(H,59,76)(H,60,77)(H,61,78)(H,65,66)(H,67,68)(H,69,70)(H,71,72)(H,73,74)(H,79,80)/t28-,29-,38-,39-,40-,41-,42-/m0/s1. The van der Waals surface area contributed by atoms with Crippen molar-refractivity contribution in [2.75, 3.05) is 40.5 Å². The van der Waals surface area contributed by atoms with Gasteiger partial charge in [0, 0.05) is 12.8 Å². The van der Waals surface area contributed by atoms with Crippen molar-refractivity contribution < 1.29 is 117 Å². The summed E-state index contributed by atoms with van der Waals surface area (Å²) in [4.78, 5) is 178. The maximum absolute atomic E-state index is 13.8. The van der Waals surface area contributed by atoms with E-state index in [9.17, 15) is 92.7 Å². The highest BCUT2D eigenvalue weighted by atomic mass is 16.5. The van der Waals surface area contributed by atoms with E-state index in [1.54, 1.807) is 60.9 Å². The summed E-state index contributed by atoms with van der Waals surface area (Å²) >= 11 is 0. The fourth-order valence-electron chi connectivity index (χ4n) is 8.32. The second kappa shape index (κ2) is 32.4. The molecule has 30 nitrogen and oxygen atoms in total.